The van der Waals surface area contributed by atoms with Crippen molar-refractivity contribution in [2.75, 3.05) is 11.9 Å². The second-order valence-corrected chi connectivity index (χ2v) is 5.77. The number of aromatic nitrogens is 2. The van der Waals surface area contributed by atoms with Gasteiger partial charge in [0.05, 0.1) is 0 Å². The van der Waals surface area contributed by atoms with Crippen LogP contribution in [0.1, 0.15) is 12.8 Å². The van der Waals surface area contributed by atoms with Gasteiger partial charge >= 0.3 is 6.03 Å². The van der Waals surface area contributed by atoms with E-state index in [4.69, 9.17) is 16.1 Å². The molecule has 0 saturated heterocycles. The van der Waals surface area contributed by atoms with Crippen molar-refractivity contribution in [2.24, 2.45) is 0 Å². The molecule has 2 aromatic carbocycles. The first-order valence-corrected chi connectivity index (χ1v) is 8.23. The van der Waals surface area contributed by atoms with Crippen LogP contribution in [0.25, 0.3) is 11.4 Å². The number of carbonyl (C=O) groups is 1. The Hall–Kier alpha value is -2.86. The highest BCUT2D eigenvalue weighted by Crippen LogP contribution is 2.17. The second-order valence-electron chi connectivity index (χ2n) is 5.33. The molecule has 6 nitrogen and oxygen atoms in total. The second kappa shape index (κ2) is 7.81. The van der Waals surface area contributed by atoms with Gasteiger partial charge in [-0.05, 0) is 31.2 Å². The summed E-state index contributed by atoms with van der Waals surface area (Å²) in [4.78, 5) is 18.3. The van der Waals surface area contributed by atoms with Crippen LogP contribution in [-0.2, 0) is 6.54 Å². The highest BCUT2D eigenvalue weighted by molar-refractivity contribution is 6.30. The topological polar surface area (TPSA) is 71.3 Å². The zero-order valence-corrected chi connectivity index (χ0v) is 14.4. The monoisotopic (exact) mass is 356 g/mol. The number of nitrogens with one attached hydrogen (secondary N) is 1. The fourth-order valence-electron chi connectivity index (χ4n) is 2.25. The van der Waals surface area contributed by atoms with E-state index in [0.29, 0.717) is 29.0 Å². The third kappa shape index (κ3) is 4.36. The van der Waals surface area contributed by atoms with Crippen molar-refractivity contribution in [3.8, 4) is 11.4 Å². The third-order valence-electron chi connectivity index (χ3n) is 3.59. The van der Waals surface area contributed by atoms with Crippen molar-refractivity contribution >= 4 is 23.3 Å². The summed E-state index contributed by atoms with van der Waals surface area (Å²) in [7, 11) is 0. The number of amides is 2. The number of nitrogens with zero attached hydrogens (tertiary/aromatic N) is 3. The largest absolute Gasteiger partial charge is 0.337 e. The van der Waals surface area contributed by atoms with Crippen molar-refractivity contribution in [1.82, 2.24) is 15.0 Å². The van der Waals surface area contributed by atoms with Crippen molar-refractivity contribution in [3.63, 3.8) is 0 Å². The fraction of sp³-hybridized carbons (Fsp3) is 0.167. The lowest BCUT2D eigenvalue weighted by Gasteiger charge is -2.19. The van der Waals surface area contributed by atoms with E-state index >= 15 is 0 Å². The molecule has 0 aliphatic carbocycles. The van der Waals surface area contributed by atoms with Gasteiger partial charge in [-0.3, -0.25) is 0 Å². The smallest absolute Gasteiger partial charge is 0.322 e. The van der Waals surface area contributed by atoms with E-state index in [1.807, 2.05) is 37.3 Å². The average molecular weight is 357 g/mol. The Morgan fingerprint density at radius 3 is 2.56 bits per heavy atom. The molecular formula is C18H17ClN4O2. The van der Waals surface area contributed by atoms with Crippen molar-refractivity contribution < 1.29 is 9.32 Å². The van der Waals surface area contributed by atoms with E-state index in [9.17, 15) is 4.79 Å². The normalized spacial score (nSPS) is 10.5. The Labute approximate surface area is 150 Å². The molecule has 0 saturated carbocycles. The molecule has 0 aliphatic heterocycles. The van der Waals surface area contributed by atoms with Crippen LogP contribution in [0, 0.1) is 0 Å². The Kier molecular flexibility index (Phi) is 5.30. The molecule has 0 spiro atoms. The highest BCUT2D eigenvalue weighted by atomic mass is 35.5. The molecule has 1 heterocycles. The standard InChI is InChI=1S/C18H17ClN4O2/c1-2-23(18(24)20-15-10-8-14(19)9-11-15)12-16-21-17(22-25-16)13-6-4-3-5-7-13/h3-11H,2,12H2,1H3,(H,20,24). The maximum absolute atomic E-state index is 12.4. The molecule has 0 unspecified atom stereocenters. The van der Waals surface area contributed by atoms with E-state index in [1.165, 1.54) is 0 Å². The summed E-state index contributed by atoms with van der Waals surface area (Å²) in [6.07, 6.45) is 0. The zero-order valence-electron chi connectivity index (χ0n) is 13.6. The Morgan fingerprint density at radius 2 is 1.88 bits per heavy atom. The van der Waals surface area contributed by atoms with Crippen LogP contribution in [0.3, 0.4) is 0 Å². The molecule has 3 rings (SSSR count). The SMILES string of the molecule is CCN(Cc1nc(-c2ccccc2)no1)C(=O)Nc1ccc(Cl)cc1. The van der Waals surface area contributed by atoms with E-state index < -0.39 is 0 Å². The number of carbonyl (C=O) groups excluding carboxylic acids is 1. The van der Waals surface area contributed by atoms with Crippen LogP contribution in [0.5, 0.6) is 0 Å². The molecule has 3 aromatic rings. The van der Waals surface area contributed by atoms with Crippen molar-refractivity contribution in [2.45, 2.75) is 13.5 Å². The summed E-state index contributed by atoms with van der Waals surface area (Å²) in [6, 6.07) is 16.2. The molecule has 1 N–H and O–H groups in total. The van der Waals surface area contributed by atoms with Crippen LogP contribution in [0.2, 0.25) is 5.02 Å². The van der Waals surface area contributed by atoms with Crippen LogP contribution >= 0.6 is 11.6 Å². The molecular weight excluding hydrogens is 340 g/mol. The lowest BCUT2D eigenvalue weighted by molar-refractivity contribution is 0.203. The average Bonchev–Trinajstić information content (AvgIpc) is 3.11. The maximum Gasteiger partial charge on any atom is 0.322 e. The minimum atomic E-state index is -0.246. The molecule has 128 valence electrons. The molecule has 0 bridgehead atoms. The molecule has 0 atom stereocenters. The van der Waals surface area contributed by atoms with E-state index in [1.54, 1.807) is 29.2 Å². The molecule has 0 fully saturated rings. The van der Waals surface area contributed by atoms with Gasteiger partial charge in [-0.2, -0.15) is 4.98 Å². The van der Waals surface area contributed by atoms with Gasteiger partial charge in [-0.1, -0.05) is 47.1 Å². The molecule has 0 radical (unpaired) electrons. The summed E-state index contributed by atoms with van der Waals surface area (Å²) in [6.45, 7) is 2.62. The predicted molar refractivity (Wildman–Crippen MR) is 96.3 cm³/mol. The first kappa shape index (κ1) is 17.0. The quantitative estimate of drug-likeness (QED) is 0.733. The summed E-state index contributed by atoms with van der Waals surface area (Å²) in [5.41, 5.74) is 1.54. The number of urea groups is 1. The van der Waals surface area contributed by atoms with Gasteiger partial charge in [0.25, 0.3) is 0 Å². The minimum absolute atomic E-state index is 0.232. The van der Waals surface area contributed by atoms with Gasteiger partial charge in [0.1, 0.15) is 6.54 Å². The Bertz CT molecular complexity index is 834. The molecule has 25 heavy (non-hydrogen) atoms. The first-order valence-electron chi connectivity index (χ1n) is 7.85. The number of anilines is 1. The molecule has 0 aliphatic rings. The first-order chi connectivity index (χ1) is 12.2. The van der Waals surface area contributed by atoms with Crippen LogP contribution in [-0.4, -0.2) is 27.6 Å². The van der Waals surface area contributed by atoms with Gasteiger partial charge < -0.3 is 14.7 Å². The fourth-order valence-corrected chi connectivity index (χ4v) is 2.38. The van der Waals surface area contributed by atoms with Gasteiger partial charge in [0, 0.05) is 22.8 Å². The van der Waals surface area contributed by atoms with E-state index in [0.717, 1.165) is 5.56 Å². The van der Waals surface area contributed by atoms with Crippen LogP contribution in [0.15, 0.2) is 59.1 Å². The minimum Gasteiger partial charge on any atom is -0.337 e. The van der Waals surface area contributed by atoms with Gasteiger partial charge in [-0.25, -0.2) is 4.79 Å². The zero-order chi connectivity index (χ0) is 17.6. The van der Waals surface area contributed by atoms with Gasteiger partial charge in [-0.15, -0.1) is 0 Å². The van der Waals surface area contributed by atoms with Crippen molar-refractivity contribution in [3.05, 3.63) is 65.5 Å². The van der Waals surface area contributed by atoms with Crippen molar-refractivity contribution in [1.29, 1.82) is 0 Å². The number of rotatable bonds is 5. The van der Waals surface area contributed by atoms with Crippen LogP contribution < -0.4 is 5.32 Å². The Balaban J connectivity index is 1.66. The van der Waals surface area contributed by atoms with Crippen LogP contribution in [0.4, 0.5) is 10.5 Å². The lowest BCUT2D eigenvalue weighted by Crippen LogP contribution is -2.34. The molecule has 2 amide bonds. The highest BCUT2D eigenvalue weighted by Gasteiger charge is 2.17. The number of hydrogen-bond donors (Lipinski definition) is 1. The molecule has 1 aromatic heterocycles. The number of benzene rings is 2. The number of halogens is 1. The van der Waals surface area contributed by atoms with E-state index in [2.05, 4.69) is 15.5 Å². The summed E-state index contributed by atoms with van der Waals surface area (Å²) in [5.74, 6) is 0.886. The molecule has 7 heteroatoms. The lowest BCUT2D eigenvalue weighted by atomic mass is 10.2. The van der Waals surface area contributed by atoms with Gasteiger partial charge in [0.2, 0.25) is 11.7 Å². The predicted octanol–water partition coefficient (Wildman–Crippen LogP) is 4.44. The third-order valence-corrected chi connectivity index (χ3v) is 3.84. The number of hydrogen-bond acceptors (Lipinski definition) is 4. The maximum atomic E-state index is 12.4. The van der Waals surface area contributed by atoms with E-state index in [-0.39, 0.29) is 12.6 Å². The Morgan fingerprint density at radius 1 is 1.16 bits per heavy atom. The summed E-state index contributed by atoms with van der Waals surface area (Å²) < 4.78 is 5.27. The summed E-state index contributed by atoms with van der Waals surface area (Å²) >= 11 is 5.85. The summed E-state index contributed by atoms with van der Waals surface area (Å²) in [5, 5.41) is 7.40. The van der Waals surface area contributed by atoms with Gasteiger partial charge in [0.15, 0.2) is 0 Å².